The third-order valence-corrected chi connectivity index (χ3v) is 2.26. The largest absolute Gasteiger partial charge is 0.345 e. The Morgan fingerprint density at radius 2 is 2.31 bits per heavy atom. The zero-order valence-electron chi connectivity index (χ0n) is 8.75. The van der Waals surface area contributed by atoms with Crippen LogP contribution in [0.4, 0.5) is 4.39 Å². The molecule has 1 N–H and O–H groups in total. The number of rotatable bonds is 3. The van der Waals surface area contributed by atoms with E-state index in [-0.39, 0.29) is 22.9 Å². The highest BCUT2D eigenvalue weighted by atomic mass is 35.5. The zero-order chi connectivity index (χ0) is 12.1. The minimum Gasteiger partial charge on any atom is -0.345 e. The van der Waals surface area contributed by atoms with Gasteiger partial charge in [0, 0.05) is 7.05 Å². The maximum atomic E-state index is 13.7. The molecule has 0 aromatic heterocycles. The minimum absolute atomic E-state index is 0.0188. The Hall–Kier alpha value is -1.62. The van der Waals surface area contributed by atoms with Crippen molar-refractivity contribution in [2.24, 2.45) is 4.99 Å². The Morgan fingerprint density at radius 1 is 1.62 bits per heavy atom. The number of halogens is 2. The quantitative estimate of drug-likeness (QED) is 0.382. The van der Waals surface area contributed by atoms with Crippen molar-refractivity contribution in [3.8, 4) is 0 Å². The standard InChI is InChI=1S/C10H10ClFN2O2/c1-6-3-4-7(11)9(12)8(6)10(13-2)14-16-5-15/h3-5H,1-2H3,(H,13,14). The number of carbonyl (C=O) groups is 1. The van der Waals surface area contributed by atoms with Crippen molar-refractivity contribution >= 4 is 23.9 Å². The SMILES string of the molecule is CN=C(NOC=O)c1c(C)ccc(Cl)c1F. The molecule has 0 saturated carbocycles. The summed E-state index contributed by atoms with van der Waals surface area (Å²) in [6.07, 6.45) is 0. The van der Waals surface area contributed by atoms with Gasteiger partial charge in [-0.05, 0) is 18.6 Å². The molecule has 0 atom stereocenters. The van der Waals surface area contributed by atoms with E-state index < -0.39 is 5.82 Å². The average molecular weight is 245 g/mol. The van der Waals surface area contributed by atoms with Crippen LogP contribution in [-0.2, 0) is 9.63 Å². The highest BCUT2D eigenvalue weighted by molar-refractivity contribution is 6.31. The Labute approximate surface area is 97.0 Å². The van der Waals surface area contributed by atoms with Crippen LogP contribution in [0.2, 0.25) is 5.02 Å². The van der Waals surface area contributed by atoms with Crippen molar-refractivity contribution in [3.63, 3.8) is 0 Å². The van der Waals surface area contributed by atoms with Crippen LogP contribution in [0.3, 0.4) is 0 Å². The van der Waals surface area contributed by atoms with Gasteiger partial charge < -0.3 is 4.84 Å². The molecule has 0 radical (unpaired) electrons. The average Bonchev–Trinajstić information content (AvgIpc) is 2.28. The molecular weight excluding hydrogens is 235 g/mol. The summed E-state index contributed by atoms with van der Waals surface area (Å²) in [7, 11) is 1.44. The molecule has 0 aliphatic carbocycles. The van der Waals surface area contributed by atoms with Gasteiger partial charge in [0.2, 0.25) is 0 Å². The molecule has 0 amide bonds. The van der Waals surface area contributed by atoms with Gasteiger partial charge in [0.05, 0.1) is 10.6 Å². The van der Waals surface area contributed by atoms with Crippen LogP contribution in [0.25, 0.3) is 0 Å². The summed E-state index contributed by atoms with van der Waals surface area (Å²) in [4.78, 5) is 18.1. The van der Waals surface area contributed by atoms with Crippen LogP contribution in [0, 0.1) is 12.7 Å². The van der Waals surface area contributed by atoms with Gasteiger partial charge in [-0.1, -0.05) is 17.7 Å². The van der Waals surface area contributed by atoms with Crippen molar-refractivity contribution in [1.29, 1.82) is 0 Å². The van der Waals surface area contributed by atoms with Gasteiger partial charge in [0.15, 0.2) is 11.7 Å². The van der Waals surface area contributed by atoms with Crippen molar-refractivity contribution in [2.45, 2.75) is 6.92 Å². The normalized spacial score (nSPS) is 11.1. The number of hydrogen-bond acceptors (Lipinski definition) is 3. The van der Waals surface area contributed by atoms with Gasteiger partial charge in [0.1, 0.15) is 0 Å². The predicted octanol–water partition coefficient (Wildman–Crippen LogP) is 1.84. The summed E-state index contributed by atoms with van der Waals surface area (Å²) < 4.78 is 13.7. The van der Waals surface area contributed by atoms with Crippen molar-refractivity contribution in [2.75, 3.05) is 7.05 Å². The molecule has 0 unspecified atom stereocenters. The molecule has 0 aliphatic rings. The second kappa shape index (κ2) is 5.46. The van der Waals surface area contributed by atoms with E-state index in [4.69, 9.17) is 11.6 Å². The van der Waals surface area contributed by atoms with E-state index in [1.54, 1.807) is 13.0 Å². The first-order valence-corrected chi connectivity index (χ1v) is 4.76. The van der Waals surface area contributed by atoms with Gasteiger partial charge in [0.25, 0.3) is 0 Å². The molecule has 1 aromatic rings. The molecule has 0 heterocycles. The van der Waals surface area contributed by atoms with E-state index in [1.165, 1.54) is 13.1 Å². The number of hydroxylamine groups is 1. The number of hydrogen-bond donors (Lipinski definition) is 1. The van der Waals surface area contributed by atoms with Crippen LogP contribution in [0.15, 0.2) is 17.1 Å². The third-order valence-electron chi connectivity index (χ3n) is 1.97. The Bertz CT molecular complexity index is 435. The maximum absolute atomic E-state index is 13.7. The fourth-order valence-electron chi connectivity index (χ4n) is 1.23. The Balaban J connectivity index is 3.19. The van der Waals surface area contributed by atoms with E-state index >= 15 is 0 Å². The van der Waals surface area contributed by atoms with Gasteiger partial charge in [-0.2, -0.15) is 0 Å². The first-order valence-electron chi connectivity index (χ1n) is 4.38. The molecule has 0 spiro atoms. The predicted molar refractivity (Wildman–Crippen MR) is 58.9 cm³/mol. The molecule has 0 aliphatic heterocycles. The molecule has 0 bridgehead atoms. The second-order valence-corrected chi connectivity index (χ2v) is 3.35. The smallest absolute Gasteiger partial charge is 0.320 e. The Kier molecular flexibility index (Phi) is 4.25. The van der Waals surface area contributed by atoms with Crippen LogP contribution >= 0.6 is 11.6 Å². The van der Waals surface area contributed by atoms with E-state index in [2.05, 4.69) is 15.3 Å². The summed E-state index contributed by atoms with van der Waals surface area (Å²) in [5.41, 5.74) is 3.03. The van der Waals surface area contributed by atoms with Crippen LogP contribution < -0.4 is 5.48 Å². The summed E-state index contributed by atoms with van der Waals surface area (Å²) in [6.45, 7) is 1.88. The molecule has 0 fully saturated rings. The van der Waals surface area contributed by atoms with Crippen LogP contribution in [-0.4, -0.2) is 19.4 Å². The first kappa shape index (κ1) is 12.4. The molecule has 1 rings (SSSR count). The number of nitrogens with one attached hydrogen (secondary N) is 1. The maximum Gasteiger partial charge on any atom is 0.320 e. The third kappa shape index (κ3) is 2.49. The molecule has 0 saturated heterocycles. The van der Waals surface area contributed by atoms with Gasteiger partial charge in [-0.25, -0.2) is 9.87 Å². The monoisotopic (exact) mass is 244 g/mol. The zero-order valence-corrected chi connectivity index (χ0v) is 9.51. The number of aryl methyl sites for hydroxylation is 1. The second-order valence-electron chi connectivity index (χ2n) is 2.94. The van der Waals surface area contributed by atoms with Gasteiger partial charge >= 0.3 is 6.47 Å². The van der Waals surface area contributed by atoms with E-state index in [0.717, 1.165) is 0 Å². The lowest BCUT2D eigenvalue weighted by molar-refractivity contribution is -0.132. The van der Waals surface area contributed by atoms with Crippen LogP contribution in [0.1, 0.15) is 11.1 Å². The van der Waals surface area contributed by atoms with E-state index in [9.17, 15) is 9.18 Å². The Morgan fingerprint density at radius 3 is 2.88 bits per heavy atom. The summed E-state index contributed by atoms with van der Waals surface area (Å²) in [5.74, 6) is -0.506. The molecule has 86 valence electrons. The lowest BCUT2D eigenvalue weighted by Gasteiger charge is -2.11. The number of nitrogens with zero attached hydrogens (tertiary/aromatic N) is 1. The number of amidine groups is 1. The summed E-state index contributed by atoms with van der Waals surface area (Å²) >= 11 is 5.65. The summed E-state index contributed by atoms with van der Waals surface area (Å²) in [6, 6.07) is 3.10. The molecule has 1 aromatic carbocycles. The minimum atomic E-state index is -0.607. The molecule has 4 nitrogen and oxygen atoms in total. The van der Waals surface area contributed by atoms with E-state index in [0.29, 0.717) is 5.56 Å². The van der Waals surface area contributed by atoms with Crippen LogP contribution in [0.5, 0.6) is 0 Å². The highest BCUT2D eigenvalue weighted by Gasteiger charge is 2.15. The number of carbonyl (C=O) groups excluding carboxylic acids is 1. The lowest BCUT2D eigenvalue weighted by atomic mass is 10.1. The van der Waals surface area contributed by atoms with Crippen molar-refractivity contribution in [3.05, 3.63) is 34.1 Å². The van der Waals surface area contributed by atoms with Gasteiger partial charge in [-0.15, -0.1) is 0 Å². The van der Waals surface area contributed by atoms with Crippen molar-refractivity contribution < 1.29 is 14.0 Å². The van der Waals surface area contributed by atoms with Crippen molar-refractivity contribution in [1.82, 2.24) is 5.48 Å². The molecular formula is C10H10ClFN2O2. The number of aliphatic imine (C=N–C) groups is 1. The first-order chi connectivity index (χ1) is 7.61. The fraction of sp³-hybridized carbons (Fsp3) is 0.200. The lowest BCUT2D eigenvalue weighted by Crippen LogP contribution is -2.26. The molecule has 16 heavy (non-hydrogen) atoms. The number of benzene rings is 1. The van der Waals surface area contributed by atoms with Gasteiger partial charge in [-0.3, -0.25) is 9.79 Å². The fourth-order valence-corrected chi connectivity index (χ4v) is 1.38. The topological polar surface area (TPSA) is 50.7 Å². The molecule has 6 heteroatoms. The van der Waals surface area contributed by atoms with E-state index in [1.807, 2.05) is 0 Å². The summed E-state index contributed by atoms with van der Waals surface area (Å²) in [5, 5.41) is -0.0188. The highest BCUT2D eigenvalue weighted by Crippen LogP contribution is 2.21.